The summed E-state index contributed by atoms with van der Waals surface area (Å²) in [5.41, 5.74) is 1.71. The van der Waals surface area contributed by atoms with E-state index >= 15 is 0 Å². The van der Waals surface area contributed by atoms with Gasteiger partial charge in [-0.15, -0.1) is 0 Å². The van der Waals surface area contributed by atoms with Crippen LogP contribution in [0.1, 0.15) is 12.0 Å². The summed E-state index contributed by atoms with van der Waals surface area (Å²) in [6.07, 6.45) is 6.35. The summed E-state index contributed by atoms with van der Waals surface area (Å²) in [7, 11) is 1.58. The van der Waals surface area contributed by atoms with Gasteiger partial charge in [-0.25, -0.2) is 9.37 Å². The second-order valence-electron chi connectivity index (χ2n) is 6.48. The maximum Gasteiger partial charge on any atom is 0.173 e. The van der Waals surface area contributed by atoms with Crippen molar-refractivity contribution in [2.24, 2.45) is 0 Å². The molecule has 0 saturated heterocycles. The van der Waals surface area contributed by atoms with Gasteiger partial charge in [-0.05, 0) is 48.5 Å². The first-order chi connectivity index (χ1) is 14.0. The fraction of sp³-hybridized carbons (Fsp3) is 0.238. The molecule has 0 aliphatic rings. The molecule has 0 radical (unpaired) electrons. The van der Waals surface area contributed by atoms with Crippen LogP contribution in [0.4, 0.5) is 10.1 Å². The van der Waals surface area contributed by atoms with E-state index in [1.807, 2.05) is 21.7 Å². The Labute approximate surface area is 180 Å². The van der Waals surface area contributed by atoms with E-state index in [1.165, 1.54) is 12.1 Å². The van der Waals surface area contributed by atoms with Crippen molar-refractivity contribution in [1.82, 2.24) is 14.5 Å². The van der Waals surface area contributed by atoms with Gasteiger partial charge in [0.25, 0.3) is 0 Å². The van der Waals surface area contributed by atoms with Crippen LogP contribution >= 0.6 is 23.8 Å². The van der Waals surface area contributed by atoms with E-state index in [0.29, 0.717) is 22.4 Å². The molecule has 0 aliphatic carbocycles. The Kier molecular flexibility index (Phi) is 7.43. The highest BCUT2D eigenvalue weighted by atomic mass is 35.5. The Bertz CT molecular complexity index is 934. The van der Waals surface area contributed by atoms with E-state index in [-0.39, 0.29) is 5.82 Å². The third-order valence-corrected chi connectivity index (χ3v) is 4.98. The first-order valence-electron chi connectivity index (χ1n) is 9.15. The van der Waals surface area contributed by atoms with Crippen LogP contribution in [0.2, 0.25) is 5.02 Å². The molecule has 0 amide bonds. The molecule has 0 atom stereocenters. The van der Waals surface area contributed by atoms with Crippen molar-refractivity contribution in [1.29, 1.82) is 0 Å². The average Bonchev–Trinajstić information content (AvgIpc) is 3.23. The highest BCUT2D eigenvalue weighted by Gasteiger charge is 2.13. The molecule has 8 heteroatoms. The molecule has 152 valence electrons. The summed E-state index contributed by atoms with van der Waals surface area (Å²) in [5.74, 6) is 0.354. The first-order valence-corrected chi connectivity index (χ1v) is 9.93. The molecule has 0 saturated carbocycles. The van der Waals surface area contributed by atoms with Crippen molar-refractivity contribution >= 4 is 34.6 Å². The summed E-state index contributed by atoms with van der Waals surface area (Å²) in [6.45, 7) is 2.11. The second-order valence-corrected chi connectivity index (χ2v) is 7.30. The number of nitrogens with one attached hydrogen (secondary N) is 1. The number of halogens is 2. The van der Waals surface area contributed by atoms with Gasteiger partial charge in [0, 0.05) is 43.1 Å². The lowest BCUT2D eigenvalue weighted by Crippen LogP contribution is -2.35. The van der Waals surface area contributed by atoms with Crippen molar-refractivity contribution in [2.75, 3.05) is 19.0 Å². The zero-order chi connectivity index (χ0) is 20.6. The maximum absolute atomic E-state index is 13.3. The molecule has 3 rings (SSSR count). The van der Waals surface area contributed by atoms with Crippen molar-refractivity contribution in [3.05, 3.63) is 77.6 Å². The van der Waals surface area contributed by atoms with Crippen molar-refractivity contribution in [2.45, 2.75) is 19.5 Å². The molecule has 1 heterocycles. The molecule has 0 unspecified atom stereocenters. The maximum atomic E-state index is 13.3. The van der Waals surface area contributed by atoms with Gasteiger partial charge >= 0.3 is 0 Å². The van der Waals surface area contributed by atoms with E-state index in [4.69, 9.17) is 28.6 Å². The normalized spacial score (nSPS) is 10.6. The largest absolute Gasteiger partial charge is 0.495 e. The number of hydrogen-bond acceptors (Lipinski definition) is 3. The van der Waals surface area contributed by atoms with Crippen molar-refractivity contribution in [3.8, 4) is 5.75 Å². The lowest BCUT2D eigenvalue weighted by atomic mass is 10.2. The van der Waals surface area contributed by atoms with E-state index in [0.717, 1.165) is 30.8 Å². The smallest absolute Gasteiger partial charge is 0.173 e. The van der Waals surface area contributed by atoms with Gasteiger partial charge in [-0.1, -0.05) is 23.7 Å². The number of anilines is 1. The van der Waals surface area contributed by atoms with Crippen LogP contribution in [-0.4, -0.2) is 33.2 Å². The van der Waals surface area contributed by atoms with Gasteiger partial charge < -0.3 is 19.5 Å². The summed E-state index contributed by atoms with van der Waals surface area (Å²) in [5, 5.41) is 4.39. The van der Waals surface area contributed by atoms with Gasteiger partial charge in [0.2, 0.25) is 0 Å². The number of benzene rings is 2. The Balaban J connectivity index is 1.71. The highest BCUT2D eigenvalue weighted by Crippen LogP contribution is 2.28. The standard InChI is InChI=1S/C21H22ClFN4OS/c1-28-20-13-17(22)5-8-19(20)25-21(29)27(11-2-10-26-12-9-24-15-26)14-16-3-6-18(23)7-4-16/h3-9,12-13,15H,2,10-11,14H2,1H3,(H,25,29). The van der Waals surface area contributed by atoms with Crippen LogP contribution < -0.4 is 10.1 Å². The predicted molar refractivity (Wildman–Crippen MR) is 118 cm³/mol. The highest BCUT2D eigenvalue weighted by molar-refractivity contribution is 7.80. The van der Waals surface area contributed by atoms with Gasteiger partial charge in [-0.3, -0.25) is 0 Å². The number of thiocarbonyl (C=S) groups is 1. The lowest BCUT2D eigenvalue weighted by molar-refractivity contribution is 0.394. The molecule has 0 bridgehead atoms. The summed E-state index contributed by atoms with van der Waals surface area (Å²) in [4.78, 5) is 6.11. The minimum absolute atomic E-state index is 0.257. The molecule has 5 nitrogen and oxygen atoms in total. The zero-order valence-electron chi connectivity index (χ0n) is 16.0. The second kappa shape index (κ2) is 10.2. The van der Waals surface area contributed by atoms with Gasteiger partial charge in [0.1, 0.15) is 11.6 Å². The topological polar surface area (TPSA) is 42.3 Å². The predicted octanol–water partition coefficient (Wildman–Crippen LogP) is 4.97. The Morgan fingerprint density at radius 3 is 2.76 bits per heavy atom. The van der Waals surface area contributed by atoms with Crippen LogP contribution in [0, 0.1) is 5.82 Å². The number of methoxy groups -OCH3 is 1. The lowest BCUT2D eigenvalue weighted by Gasteiger charge is -2.27. The third kappa shape index (κ3) is 6.17. The number of rotatable bonds is 8. The molecule has 0 fully saturated rings. The number of nitrogens with zero attached hydrogens (tertiary/aromatic N) is 3. The van der Waals surface area contributed by atoms with Crippen LogP contribution in [-0.2, 0) is 13.1 Å². The fourth-order valence-electron chi connectivity index (χ4n) is 2.89. The molecular formula is C21H22ClFN4OS. The zero-order valence-corrected chi connectivity index (χ0v) is 17.6. The number of aromatic nitrogens is 2. The molecule has 29 heavy (non-hydrogen) atoms. The monoisotopic (exact) mass is 432 g/mol. The molecule has 0 aliphatic heterocycles. The minimum atomic E-state index is -0.257. The van der Waals surface area contributed by atoms with E-state index < -0.39 is 0 Å². The average molecular weight is 433 g/mol. The molecule has 2 aromatic carbocycles. The van der Waals surface area contributed by atoms with Crippen LogP contribution in [0.15, 0.2) is 61.2 Å². The Hall–Kier alpha value is -2.64. The SMILES string of the molecule is COc1cc(Cl)ccc1NC(=S)N(CCCn1ccnc1)Cc1ccc(F)cc1. The molecular weight excluding hydrogens is 411 g/mol. The Morgan fingerprint density at radius 2 is 2.07 bits per heavy atom. The van der Waals surface area contributed by atoms with Crippen LogP contribution in [0.25, 0.3) is 0 Å². The number of hydrogen-bond donors (Lipinski definition) is 1. The van der Waals surface area contributed by atoms with Crippen LogP contribution in [0.5, 0.6) is 5.75 Å². The van der Waals surface area contributed by atoms with Gasteiger partial charge in [-0.2, -0.15) is 0 Å². The Morgan fingerprint density at radius 1 is 1.28 bits per heavy atom. The molecule has 3 aromatic rings. The number of aryl methyl sites for hydroxylation is 1. The summed E-state index contributed by atoms with van der Waals surface area (Å²) >= 11 is 11.7. The van der Waals surface area contributed by atoms with Gasteiger partial charge in [0.05, 0.1) is 19.1 Å². The first kappa shape index (κ1) is 21.1. The van der Waals surface area contributed by atoms with Gasteiger partial charge in [0.15, 0.2) is 5.11 Å². The van der Waals surface area contributed by atoms with E-state index in [1.54, 1.807) is 43.9 Å². The van der Waals surface area contributed by atoms with E-state index in [9.17, 15) is 4.39 Å². The summed E-state index contributed by atoms with van der Waals surface area (Å²) < 4.78 is 20.7. The fourth-order valence-corrected chi connectivity index (χ4v) is 3.32. The molecule has 0 spiro atoms. The quantitative estimate of drug-likeness (QED) is 0.509. The minimum Gasteiger partial charge on any atom is -0.495 e. The number of ether oxygens (including phenoxy) is 1. The third-order valence-electron chi connectivity index (χ3n) is 4.38. The molecule has 1 aromatic heterocycles. The van der Waals surface area contributed by atoms with Crippen molar-refractivity contribution < 1.29 is 9.13 Å². The molecule has 1 N–H and O–H groups in total. The van der Waals surface area contributed by atoms with Crippen LogP contribution in [0.3, 0.4) is 0 Å². The number of imidazole rings is 1. The van der Waals surface area contributed by atoms with Crippen molar-refractivity contribution in [3.63, 3.8) is 0 Å². The summed E-state index contributed by atoms with van der Waals surface area (Å²) in [6, 6.07) is 11.8. The van der Waals surface area contributed by atoms with E-state index in [2.05, 4.69) is 10.3 Å².